The molecule has 0 aliphatic rings. The van der Waals surface area contributed by atoms with Gasteiger partial charge in [0.1, 0.15) is 0 Å². The minimum absolute atomic E-state index is 0.0913. The van der Waals surface area contributed by atoms with Gasteiger partial charge in [-0.25, -0.2) is 4.79 Å². The van der Waals surface area contributed by atoms with Gasteiger partial charge in [0.2, 0.25) is 0 Å². The molecule has 0 saturated heterocycles. The number of carbonyl (C=O) groups excluding carboxylic acids is 2. The number of anilines is 2. The number of amides is 2. The molecular formula is C33H38N4O8. The Balaban J connectivity index is 1.81. The maximum atomic E-state index is 13.1. The lowest BCUT2D eigenvalue weighted by atomic mass is 9.97. The number of rotatable bonds is 18. The number of nitrogens with zero attached hydrogens (tertiary/aromatic N) is 2. The van der Waals surface area contributed by atoms with Crippen molar-refractivity contribution in [1.82, 2.24) is 0 Å². The molecule has 2 amide bonds. The van der Waals surface area contributed by atoms with Crippen LogP contribution in [-0.4, -0.2) is 32.7 Å². The zero-order valence-corrected chi connectivity index (χ0v) is 25.3. The second-order valence-corrected chi connectivity index (χ2v) is 10.8. The lowest BCUT2D eigenvalue weighted by Crippen LogP contribution is -2.17. The van der Waals surface area contributed by atoms with E-state index in [1.807, 2.05) is 0 Å². The lowest BCUT2D eigenvalue weighted by Gasteiger charge is -2.17. The number of nitro groups is 2. The van der Waals surface area contributed by atoms with Crippen LogP contribution < -0.4 is 10.6 Å². The number of carboxylic acids is 1. The third-order valence-corrected chi connectivity index (χ3v) is 7.45. The van der Waals surface area contributed by atoms with Gasteiger partial charge in [-0.05, 0) is 54.8 Å². The molecule has 0 radical (unpaired) electrons. The van der Waals surface area contributed by atoms with Crippen molar-refractivity contribution < 1.29 is 29.3 Å². The number of non-ortho nitro benzene ring substituents is 2. The average Bonchev–Trinajstić information content (AvgIpc) is 3.02. The molecular weight excluding hydrogens is 580 g/mol. The van der Waals surface area contributed by atoms with Crippen LogP contribution in [0.5, 0.6) is 0 Å². The Bertz CT molecular complexity index is 1500. The third-order valence-electron chi connectivity index (χ3n) is 7.45. The van der Waals surface area contributed by atoms with Gasteiger partial charge >= 0.3 is 5.97 Å². The normalized spacial score (nSPS) is 10.7. The molecule has 45 heavy (non-hydrogen) atoms. The van der Waals surface area contributed by atoms with Crippen LogP contribution >= 0.6 is 0 Å². The number of nitro benzene ring substituents is 2. The van der Waals surface area contributed by atoms with E-state index < -0.39 is 27.6 Å². The van der Waals surface area contributed by atoms with Crippen LogP contribution in [0.15, 0.2) is 60.7 Å². The van der Waals surface area contributed by atoms with E-state index in [0.717, 1.165) is 25.7 Å². The summed E-state index contributed by atoms with van der Waals surface area (Å²) in [4.78, 5) is 59.2. The molecule has 12 heteroatoms. The van der Waals surface area contributed by atoms with E-state index in [1.165, 1.54) is 92.8 Å². The minimum Gasteiger partial charge on any atom is -0.478 e. The Morgan fingerprint density at radius 1 is 0.667 bits per heavy atom. The van der Waals surface area contributed by atoms with E-state index >= 15 is 0 Å². The number of aromatic carboxylic acids is 1. The Kier molecular flexibility index (Phi) is 13.2. The molecule has 12 nitrogen and oxygen atoms in total. The summed E-state index contributed by atoms with van der Waals surface area (Å²) in [6.07, 6.45) is 11.3. The highest BCUT2D eigenvalue weighted by Gasteiger charge is 2.20. The van der Waals surface area contributed by atoms with Crippen molar-refractivity contribution in [3.05, 3.63) is 103 Å². The van der Waals surface area contributed by atoms with Crippen LogP contribution in [0.2, 0.25) is 0 Å². The van der Waals surface area contributed by atoms with Gasteiger partial charge in [-0.2, -0.15) is 0 Å². The maximum Gasteiger partial charge on any atom is 0.336 e. The summed E-state index contributed by atoms with van der Waals surface area (Å²) < 4.78 is 0. The van der Waals surface area contributed by atoms with E-state index in [2.05, 4.69) is 17.6 Å². The van der Waals surface area contributed by atoms with Crippen molar-refractivity contribution in [3.8, 4) is 0 Å². The molecule has 0 aliphatic heterocycles. The fourth-order valence-electron chi connectivity index (χ4n) is 4.97. The van der Waals surface area contributed by atoms with Crippen molar-refractivity contribution in [3.63, 3.8) is 0 Å². The summed E-state index contributed by atoms with van der Waals surface area (Å²) in [5, 5.41) is 37.4. The second-order valence-electron chi connectivity index (χ2n) is 10.8. The fraction of sp³-hybridized carbons (Fsp3) is 0.364. The van der Waals surface area contributed by atoms with Gasteiger partial charge in [-0.1, -0.05) is 64.7 Å². The van der Waals surface area contributed by atoms with Crippen molar-refractivity contribution in [2.45, 2.75) is 77.6 Å². The van der Waals surface area contributed by atoms with Crippen LogP contribution in [0, 0.1) is 20.2 Å². The SMILES string of the molecule is CCCCCCCCCCCCc1c(NC(=O)c2ccc([N+](=O)[O-])cc2)cc(NC(=O)c2ccc([N+](=O)[O-])cc2)cc1C(=O)O. The number of carboxylic acid groups (broad SMARTS) is 1. The highest BCUT2D eigenvalue weighted by atomic mass is 16.6. The van der Waals surface area contributed by atoms with Crippen LogP contribution in [0.1, 0.15) is 108 Å². The molecule has 0 spiro atoms. The molecule has 0 fully saturated rings. The molecule has 0 aromatic heterocycles. The number of hydrogen-bond donors (Lipinski definition) is 3. The first-order valence-corrected chi connectivity index (χ1v) is 15.1. The summed E-state index contributed by atoms with van der Waals surface area (Å²) in [5.74, 6) is -2.48. The first-order chi connectivity index (χ1) is 21.6. The number of unbranched alkanes of at least 4 members (excludes halogenated alkanes) is 9. The van der Waals surface area contributed by atoms with Crippen molar-refractivity contribution in [2.75, 3.05) is 10.6 Å². The van der Waals surface area contributed by atoms with Crippen LogP contribution in [0.25, 0.3) is 0 Å². The van der Waals surface area contributed by atoms with Crippen molar-refractivity contribution >= 4 is 40.5 Å². The molecule has 0 heterocycles. The van der Waals surface area contributed by atoms with E-state index in [9.17, 15) is 39.7 Å². The van der Waals surface area contributed by atoms with Crippen LogP contribution in [0.4, 0.5) is 22.7 Å². The van der Waals surface area contributed by atoms with E-state index in [-0.39, 0.29) is 39.4 Å². The molecule has 0 saturated carbocycles. The van der Waals surface area contributed by atoms with Gasteiger partial charge < -0.3 is 15.7 Å². The van der Waals surface area contributed by atoms with Crippen molar-refractivity contribution in [1.29, 1.82) is 0 Å². The molecule has 3 N–H and O–H groups in total. The molecule has 3 rings (SSSR count). The molecule has 0 atom stereocenters. The predicted molar refractivity (Wildman–Crippen MR) is 171 cm³/mol. The van der Waals surface area contributed by atoms with Gasteiger partial charge in [0.05, 0.1) is 15.4 Å². The summed E-state index contributed by atoms with van der Waals surface area (Å²) in [5.41, 5.74) is 0.461. The monoisotopic (exact) mass is 618 g/mol. The van der Waals surface area contributed by atoms with Gasteiger partial charge in [-0.3, -0.25) is 29.8 Å². The zero-order valence-electron chi connectivity index (χ0n) is 25.3. The molecule has 238 valence electrons. The van der Waals surface area contributed by atoms with Crippen LogP contribution in [0.3, 0.4) is 0 Å². The summed E-state index contributed by atoms with van der Waals surface area (Å²) in [6, 6.07) is 12.7. The lowest BCUT2D eigenvalue weighted by molar-refractivity contribution is -0.385. The molecule has 0 unspecified atom stereocenters. The van der Waals surface area contributed by atoms with Crippen molar-refractivity contribution in [2.24, 2.45) is 0 Å². The average molecular weight is 619 g/mol. The largest absolute Gasteiger partial charge is 0.478 e. The molecule has 0 aliphatic carbocycles. The number of hydrogen-bond acceptors (Lipinski definition) is 7. The Morgan fingerprint density at radius 2 is 1.11 bits per heavy atom. The third kappa shape index (κ3) is 10.5. The summed E-state index contributed by atoms with van der Waals surface area (Å²) in [6.45, 7) is 2.19. The number of benzene rings is 3. The maximum absolute atomic E-state index is 13.1. The van der Waals surface area contributed by atoms with Gasteiger partial charge in [-0.15, -0.1) is 0 Å². The smallest absolute Gasteiger partial charge is 0.336 e. The first kappa shape index (κ1) is 34.4. The van der Waals surface area contributed by atoms with E-state index in [0.29, 0.717) is 18.4 Å². The number of carbonyl (C=O) groups is 3. The Morgan fingerprint density at radius 3 is 1.56 bits per heavy atom. The molecule has 3 aromatic rings. The highest BCUT2D eigenvalue weighted by Crippen LogP contribution is 2.29. The summed E-state index contributed by atoms with van der Waals surface area (Å²) in [7, 11) is 0. The summed E-state index contributed by atoms with van der Waals surface area (Å²) >= 11 is 0. The topological polar surface area (TPSA) is 182 Å². The quantitative estimate of drug-likeness (QED) is 0.0724. The number of nitrogens with one attached hydrogen (secondary N) is 2. The van der Waals surface area contributed by atoms with Gasteiger partial charge in [0, 0.05) is 46.8 Å². The second kappa shape index (κ2) is 17.2. The van der Waals surface area contributed by atoms with Gasteiger partial charge in [0.15, 0.2) is 0 Å². The standard InChI is InChI=1S/C33H38N4O8/c1-2-3-4-5-6-7-8-9-10-11-12-28-29(33(40)41)21-25(34-31(38)23-13-17-26(18-14-23)36(42)43)22-30(28)35-32(39)24-15-19-27(20-16-24)37(44)45/h13-22H,2-12H2,1H3,(H,34,38)(H,35,39)(H,40,41). The fourth-order valence-corrected chi connectivity index (χ4v) is 4.97. The molecule has 3 aromatic carbocycles. The van der Waals surface area contributed by atoms with Crippen LogP contribution in [-0.2, 0) is 6.42 Å². The van der Waals surface area contributed by atoms with E-state index in [1.54, 1.807) is 0 Å². The Labute approximate surface area is 261 Å². The first-order valence-electron chi connectivity index (χ1n) is 15.1. The highest BCUT2D eigenvalue weighted by molar-refractivity contribution is 6.08. The predicted octanol–water partition coefficient (Wildman–Crippen LogP) is 8.17. The van der Waals surface area contributed by atoms with Gasteiger partial charge in [0.25, 0.3) is 23.2 Å². The Hall–Kier alpha value is -5.13. The molecule has 0 bridgehead atoms. The van der Waals surface area contributed by atoms with E-state index in [4.69, 9.17) is 0 Å². The zero-order chi connectivity index (χ0) is 32.8. The minimum atomic E-state index is -1.24.